The van der Waals surface area contributed by atoms with E-state index in [4.69, 9.17) is 0 Å². The van der Waals surface area contributed by atoms with Gasteiger partial charge in [0.05, 0.1) is 0 Å². The Morgan fingerprint density at radius 1 is 1.44 bits per heavy atom. The third-order valence-electron chi connectivity index (χ3n) is 2.67. The van der Waals surface area contributed by atoms with Gasteiger partial charge in [0, 0.05) is 11.6 Å². The Bertz CT molecular complexity index is 358. The van der Waals surface area contributed by atoms with Crippen LogP contribution in [0.4, 0.5) is 4.39 Å². The summed E-state index contributed by atoms with van der Waals surface area (Å²) in [7, 11) is 0. The van der Waals surface area contributed by atoms with Crippen molar-refractivity contribution in [2.45, 2.75) is 33.2 Å². The summed E-state index contributed by atoms with van der Waals surface area (Å²) in [6, 6.07) is 7.14. The lowest BCUT2D eigenvalue weighted by Crippen LogP contribution is -2.27. The van der Waals surface area contributed by atoms with E-state index in [2.05, 4.69) is 19.2 Å². The molecule has 1 nitrogen and oxygen atoms in total. The molecule has 0 aliphatic rings. The van der Waals surface area contributed by atoms with Gasteiger partial charge in [0.1, 0.15) is 5.82 Å². The Hall–Kier alpha value is -1.15. The van der Waals surface area contributed by atoms with Gasteiger partial charge in [-0.1, -0.05) is 36.8 Å². The predicted molar refractivity (Wildman–Crippen MR) is 67.8 cm³/mol. The number of halogens is 1. The third-order valence-corrected chi connectivity index (χ3v) is 2.67. The Morgan fingerprint density at radius 3 is 2.75 bits per heavy atom. The van der Waals surface area contributed by atoms with Crippen molar-refractivity contribution in [2.75, 3.05) is 6.54 Å². The van der Waals surface area contributed by atoms with E-state index in [1.807, 2.05) is 19.1 Å². The van der Waals surface area contributed by atoms with Crippen LogP contribution < -0.4 is 5.32 Å². The molecule has 2 heteroatoms. The molecule has 1 rings (SSSR count). The lowest BCUT2D eigenvalue weighted by Gasteiger charge is -2.14. The molecule has 1 aromatic rings. The van der Waals surface area contributed by atoms with Gasteiger partial charge < -0.3 is 5.32 Å². The standard InChI is InChI=1S/C14H20FN/c1-4-9-16-12(3)11(2)10-13-7-5-6-8-14(13)15/h5-8,10,12,16H,4,9H2,1-3H3/b11-10+. The molecule has 0 saturated carbocycles. The van der Waals surface area contributed by atoms with Crippen molar-refractivity contribution in [3.05, 3.63) is 41.2 Å². The van der Waals surface area contributed by atoms with Crippen molar-refractivity contribution in [1.29, 1.82) is 0 Å². The van der Waals surface area contributed by atoms with Gasteiger partial charge in [0.25, 0.3) is 0 Å². The molecular weight excluding hydrogens is 201 g/mol. The van der Waals surface area contributed by atoms with Gasteiger partial charge in [-0.3, -0.25) is 0 Å². The van der Waals surface area contributed by atoms with Crippen LogP contribution in [0.25, 0.3) is 6.08 Å². The summed E-state index contributed by atoms with van der Waals surface area (Å²) < 4.78 is 13.4. The Labute approximate surface area is 97.4 Å². The molecule has 0 amide bonds. The maximum absolute atomic E-state index is 13.4. The molecule has 0 aliphatic carbocycles. The first-order chi connectivity index (χ1) is 7.65. The van der Waals surface area contributed by atoms with Crippen molar-refractivity contribution >= 4 is 6.08 Å². The second kappa shape index (κ2) is 6.44. The normalized spacial score (nSPS) is 13.9. The van der Waals surface area contributed by atoms with Crippen molar-refractivity contribution in [2.24, 2.45) is 0 Å². The van der Waals surface area contributed by atoms with E-state index in [0.717, 1.165) is 18.5 Å². The summed E-state index contributed by atoms with van der Waals surface area (Å²) in [5.41, 5.74) is 1.81. The molecule has 0 bridgehead atoms. The quantitative estimate of drug-likeness (QED) is 0.800. The molecule has 0 radical (unpaired) electrons. The number of hydrogen-bond donors (Lipinski definition) is 1. The minimum absolute atomic E-state index is 0.162. The van der Waals surface area contributed by atoms with Gasteiger partial charge in [0.2, 0.25) is 0 Å². The number of nitrogens with one attached hydrogen (secondary N) is 1. The highest BCUT2D eigenvalue weighted by atomic mass is 19.1. The van der Waals surface area contributed by atoms with E-state index in [1.54, 1.807) is 12.1 Å². The zero-order valence-electron chi connectivity index (χ0n) is 10.3. The molecule has 0 aromatic heterocycles. The second-order valence-corrected chi connectivity index (χ2v) is 4.09. The minimum Gasteiger partial charge on any atom is -0.311 e. The highest BCUT2D eigenvalue weighted by Gasteiger charge is 2.04. The maximum atomic E-state index is 13.4. The SMILES string of the molecule is CCCNC(C)/C(C)=C/c1ccccc1F. The lowest BCUT2D eigenvalue weighted by molar-refractivity contribution is 0.602. The highest BCUT2D eigenvalue weighted by molar-refractivity contribution is 5.53. The van der Waals surface area contributed by atoms with Crippen LogP contribution in [0, 0.1) is 5.82 Å². The summed E-state index contributed by atoms with van der Waals surface area (Å²) in [5.74, 6) is -0.162. The summed E-state index contributed by atoms with van der Waals surface area (Å²) >= 11 is 0. The zero-order valence-corrected chi connectivity index (χ0v) is 10.3. The van der Waals surface area contributed by atoms with Crippen molar-refractivity contribution in [1.82, 2.24) is 5.32 Å². The van der Waals surface area contributed by atoms with E-state index in [-0.39, 0.29) is 5.82 Å². The average molecular weight is 221 g/mol. The van der Waals surface area contributed by atoms with Gasteiger partial charge in [-0.15, -0.1) is 0 Å². The molecule has 88 valence electrons. The fraction of sp³-hybridized carbons (Fsp3) is 0.429. The molecule has 0 heterocycles. The topological polar surface area (TPSA) is 12.0 Å². The van der Waals surface area contributed by atoms with Crippen LogP contribution in [0.2, 0.25) is 0 Å². The molecule has 0 saturated heterocycles. The molecule has 1 aromatic carbocycles. The van der Waals surface area contributed by atoms with Crippen LogP contribution in [0.3, 0.4) is 0 Å². The van der Waals surface area contributed by atoms with Crippen LogP contribution in [0.1, 0.15) is 32.8 Å². The van der Waals surface area contributed by atoms with Gasteiger partial charge in [0.15, 0.2) is 0 Å². The van der Waals surface area contributed by atoms with E-state index in [0.29, 0.717) is 11.6 Å². The first-order valence-corrected chi connectivity index (χ1v) is 5.81. The molecule has 0 aliphatic heterocycles. The van der Waals surface area contributed by atoms with Crippen molar-refractivity contribution < 1.29 is 4.39 Å². The smallest absolute Gasteiger partial charge is 0.130 e. The van der Waals surface area contributed by atoms with Gasteiger partial charge in [-0.25, -0.2) is 4.39 Å². The van der Waals surface area contributed by atoms with E-state index < -0.39 is 0 Å². The summed E-state index contributed by atoms with van der Waals surface area (Å²) in [4.78, 5) is 0. The Balaban J connectivity index is 2.72. The fourth-order valence-corrected chi connectivity index (χ4v) is 1.48. The third kappa shape index (κ3) is 3.78. The van der Waals surface area contributed by atoms with Crippen molar-refractivity contribution in [3.63, 3.8) is 0 Å². The molecule has 1 N–H and O–H groups in total. The van der Waals surface area contributed by atoms with Gasteiger partial charge in [-0.05, 0) is 32.9 Å². The van der Waals surface area contributed by atoms with Crippen LogP contribution in [0.15, 0.2) is 29.8 Å². The monoisotopic (exact) mass is 221 g/mol. The van der Waals surface area contributed by atoms with Crippen LogP contribution >= 0.6 is 0 Å². The van der Waals surface area contributed by atoms with Crippen LogP contribution in [0.5, 0.6) is 0 Å². The van der Waals surface area contributed by atoms with Gasteiger partial charge >= 0.3 is 0 Å². The minimum atomic E-state index is -0.162. The summed E-state index contributed by atoms with van der Waals surface area (Å²) in [5, 5.41) is 3.38. The lowest BCUT2D eigenvalue weighted by atomic mass is 10.1. The van der Waals surface area contributed by atoms with Crippen molar-refractivity contribution in [3.8, 4) is 0 Å². The Morgan fingerprint density at radius 2 is 2.12 bits per heavy atom. The molecule has 1 unspecified atom stereocenters. The molecule has 0 spiro atoms. The number of rotatable bonds is 5. The molecule has 0 fully saturated rings. The largest absolute Gasteiger partial charge is 0.311 e. The van der Waals surface area contributed by atoms with Crippen LogP contribution in [-0.2, 0) is 0 Å². The predicted octanol–water partition coefficient (Wildman–Crippen LogP) is 3.62. The highest BCUT2D eigenvalue weighted by Crippen LogP contribution is 2.13. The van der Waals surface area contributed by atoms with E-state index in [1.165, 1.54) is 6.07 Å². The maximum Gasteiger partial charge on any atom is 0.130 e. The summed E-state index contributed by atoms with van der Waals surface area (Å²) in [6.45, 7) is 7.25. The number of hydrogen-bond acceptors (Lipinski definition) is 1. The first-order valence-electron chi connectivity index (χ1n) is 5.81. The first kappa shape index (κ1) is 12.9. The van der Waals surface area contributed by atoms with E-state index in [9.17, 15) is 4.39 Å². The van der Waals surface area contributed by atoms with Gasteiger partial charge in [-0.2, -0.15) is 0 Å². The average Bonchev–Trinajstić information content (AvgIpc) is 2.28. The molecular formula is C14H20FN. The van der Waals surface area contributed by atoms with E-state index >= 15 is 0 Å². The fourth-order valence-electron chi connectivity index (χ4n) is 1.48. The second-order valence-electron chi connectivity index (χ2n) is 4.09. The summed E-state index contributed by atoms with van der Waals surface area (Å²) in [6.07, 6.45) is 3.01. The Kier molecular flexibility index (Phi) is 5.20. The molecule has 16 heavy (non-hydrogen) atoms. The molecule has 1 atom stereocenters. The zero-order chi connectivity index (χ0) is 12.0. The van der Waals surface area contributed by atoms with Crippen LogP contribution in [-0.4, -0.2) is 12.6 Å². The number of benzene rings is 1.